The van der Waals surface area contributed by atoms with Crippen LogP contribution >= 0.6 is 0 Å². The molecule has 100 valence electrons. The number of hydrogen-bond acceptors (Lipinski definition) is 5. The van der Waals surface area contributed by atoms with Crippen LogP contribution in [-0.4, -0.2) is 35.9 Å². The van der Waals surface area contributed by atoms with Crippen molar-refractivity contribution in [2.24, 2.45) is 5.73 Å². The van der Waals surface area contributed by atoms with E-state index in [4.69, 9.17) is 10.5 Å². The molecule has 0 saturated heterocycles. The number of nitrogens with one attached hydrogen (secondary N) is 1. The highest BCUT2D eigenvalue weighted by molar-refractivity contribution is 5.31. The molecule has 0 aromatic carbocycles. The maximum Gasteiger partial charge on any atom is 0.293 e. The zero-order valence-corrected chi connectivity index (χ0v) is 10.6. The topological polar surface area (TPSA) is 82.2 Å². The molecule has 1 unspecified atom stereocenters. The van der Waals surface area contributed by atoms with Crippen molar-refractivity contribution in [3.63, 3.8) is 0 Å². The quantitative estimate of drug-likeness (QED) is 0.732. The van der Waals surface area contributed by atoms with E-state index >= 15 is 0 Å². The second kappa shape index (κ2) is 5.97. The Morgan fingerprint density at radius 3 is 3.11 bits per heavy atom. The van der Waals surface area contributed by atoms with Gasteiger partial charge < -0.3 is 20.4 Å². The van der Waals surface area contributed by atoms with Gasteiger partial charge in [0.05, 0.1) is 6.61 Å². The van der Waals surface area contributed by atoms with Gasteiger partial charge in [-0.15, -0.1) is 0 Å². The first kappa shape index (κ1) is 13.0. The smallest absolute Gasteiger partial charge is 0.293 e. The third kappa shape index (κ3) is 3.30. The standard InChI is InChI=1S/C12H20N4O2/c1-18-8-9(13)4-5-14-11-12(17)16(7-6-15-11)10-2-3-10/h6-7,9-10H,2-5,8,13H2,1H3,(H,14,15). The number of nitrogens with two attached hydrogens (primary N) is 1. The molecule has 2 rings (SSSR count). The van der Waals surface area contributed by atoms with E-state index in [0.29, 0.717) is 25.0 Å². The molecule has 1 saturated carbocycles. The normalized spacial score (nSPS) is 16.6. The van der Waals surface area contributed by atoms with Crippen molar-refractivity contribution in [1.29, 1.82) is 0 Å². The van der Waals surface area contributed by atoms with E-state index in [1.54, 1.807) is 24.1 Å². The van der Waals surface area contributed by atoms with Crippen molar-refractivity contribution in [3.05, 3.63) is 22.7 Å². The van der Waals surface area contributed by atoms with Gasteiger partial charge in [-0.05, 0) is 19.3 Å². The van der Waals surface area contributed by atoms with E-state index in [-0.39, 0.29) is 11.6 Å². The number of hydrogen-bond donors (Lipinski definition) is 2. The first-order valence-corrected chi connectivity index (χ1v) is 6.28. The second-order valence-electron chi connectivity index (χ2n) is 4.65. The average molecular weight is 252 g/mol. The number of ether oxygens (including phenoxy) is 1. The molecule has 1 heterocycles. The molecule has 1 aliphatic carbocycles. The van der Waals surface area contributed by atoms with Crippen LogP contribution in [0.1, 0.15) is 25.3 Å². The third-order valence-electron chi connectivity index (χ3n) is 3.00. The molecule has 1 aliphatic rings. The predicted molar refractivity (Wildman–Crippen MR) is 69.7 cm³/mol. The molecule has 0 spiro atoms. The van der Waals surface area contributed by atoms with Gasteiger partial charge in [-0.2, -0.15) is 0 Å². The first-order chi connectivity index (χ1) is 8.72. The molecule has 18 heavy (non-hydrogen) atoms. The van der Waals surface area contributed by atoms with Gasteiger partial charge in [-0.3, -0.25) is 4.79 Å². The molecule has 1 aromatic heterocycles. The third-order valence-corrected chi connectivity index (χ3v) is 3.00. The number of nitrogens with zero attached hydrogens (tertiary/aromatic N) is 2. The fourth-order valence-electron chi connectivity index (χ4n) is 1.86. The molecule has 3 N–H and O–H groups in total. The van der Waals surface area contributed by atoms with Crippen molar-refractivity contribution in [2.45, 2.75) is 31.3 Å². The minimum atomic E-state index is -0.0414. The van der Waals surface area contributed by atoms with Crippen LogP contribution in [0, 0.1) is 0 Å². The lowest BCUT2D eigenvalue weighted by atomic mass is 10.2. The van der Waals surface area contributed by atoms with Crippen LogP contribution in [-0.2, 0) is 4.74 Å². The van der Waals surface area contributed by atoms with Crippen LogP contribution in [0.5, 0.6) is 0 Å². The van der Waals surface area contributed by atoms with E-state index in [2.05, 4.69) is 10.3 Å². The second-order valence-corrected chi connectivity index (χ2v) is 4.65. The van der Waals surface area contributed by atoms with Crippen LogP contribution in [0.3, 0.4) is 0 Å². The average Bonchev–Trinajstić information content (AvgIpc) is 3.16. The summed E-state index contributed by atoms with van der Waals surface area (Å²) < 4.78 is 6.71. The van der Waals surface area contributed by atoms with Crippen LogP contribution in [0.25, 0.3) is 0 Å². The molecule has 0 radical (unpaired) electrons. The van der Waals surface area contributed by atoms with E-state index < -0.39 is 0 Å². The van der Waals surface area contributed by atoms with Gasteiger partial charge in [0.1, 0.15) is 0 Å². The number of anilines is 1. The van der Waals surface area contributed by atoms with E-state index in [1.807, 2.05) is 0 Å². The first-order valence-electron chi connectivity index (χ1n) is 6.28. The molecular weight excluding hydrogens is 232 g/mol. The van der Waals surface area contributed by atoms with Gasteiger partial charge in [0, 0.05) is 38.1 Å². The summed E-state index contributed by atoms with van der Waals surface area (Å²) in [6.45, 7) is 1.15. The minimum Gasteiger partial charge on any atom is -0.383 e. The molecule has 6 nitrogen and oxygen atoms in total. The Morgan fingerprint density at radius 1 is 1.67 bits per heavy atom. The molecule has 0 bridgehead atoms. The zero-order chi connectivity index (χ0) is 13.0. The lowest BCUT2D eigenvalue weighted by molar-refractivity contribution is 0.178. The fourth-order valence-corrected chi connectivity index (χ4v) is 1.86. The summed E-state index contributed by atoms with van der Waals surface area (Å²) in [5.74, 6) is 0.411. The number of aromatic nitrogens is 2. The fraction of sp³-hybridized carbons (Fsp3) is 0.667. The minimum absolute atomic E-state index is 0.0168. The lowest BCUT2D eigenvalue weighted by Gasteiger charge is -2.11. The summed E-state index contributed by atoms with van der Waals surface area (Å²) >= 11 is 0. The molecule has 1 atom stereocenters. The summed E-state index contributed by atoms with van der Waals surface area (Å²) in [5, 5.41) is 3.05. The van der Waals surface area contributed by atoms with E-state index in [9.17, 15) is 4.79 Å². The maximum absolute atomic E-state index is 12.0. The van der Waals surface area contributed by atoms with Gasteiger partial charge in [-0.1, -0.05) is 0 Å². The SMILES string of the molecule is COCC(N)CCNc1nccn(C2CC2)c1=O. The Morgan fingerprint density at radius 2 is 2.44 bits per heavy atom. The van der Waals surface area contributed by atoms with Crippen LogP contribution in [0.15, 0.2) is 17.2 Å². The molecule has 0 amide bonds. The van der Waals surface area contributed by atoms with Crippen LogP contribution in [0.4, 0.5) is 5.82 Å². The molecule has 1 aromatic rings. The highest BCUT2D eigenvalue weighted by atomic mass is 16.5. The van der Waals surface area contributed by atoms with Crippen LogP contribution < -0.4 is 16.6 Å². The maximum atomic E-state index is 12.0. The Bertz CT molecular complexity index is 442. The molecule has 0 aliphatic heterocycles. The van der Waals surface area contributed by atoms with Crippen molar-refractivity contribution >= 4 is 5.82 Å². The highest BCUT2D eigenvalue weighted by Crippen LogP contribution is 2.33. The van der Waals surface area contributed by atoms with E-state index in [1.165, 1.54) is 0 Å². The monoisotopic (exact) mass is 252 g/mol. The summed E-state index contributed by atoms with van der Waals surface area (Å²) in [6, 6.07) is 0.355. The van der Waals surface area contributed by atoms with Crippen molar-refractivity contribution in [1.82, 2.24) is 9.55 Å². The summed E-state index contributed by atoms with van der Waals surface area (Å²) in [5.41, 5.74) is 5.76. The summed E-state index contributed by atoms with van der Waals surface area (Å²) in [7, 11) is 1.63. The molecular formula is C12H20N4O2. The Hall–Kier alpha value is -1.40. The van der Waals surface area contributed by atoms with Gasteiger partial charge in [-0.25, -0.2) is 4.98 Å². The Kier molecular flexibility index (Phi) is 4.33. The van der Waals surface area contributed by atoms with Crippen molar-refractivity contribution < 1.29 is 4.74 Å². The summed E-state index contributed by atoms with van der Waals surface area (Å²) in [6.07, 6.45) is 6.33. The van der Waals surface area contributed by atoms with Crippen molar-refractivity contribution in [3.8, 4) is 0 Å². The number of methoxy groups -OCH3 is 1. The zero-order valence-electron chi connectivity index (χ0n) is 10.6. The summed E-state index contributed by atoms with van der Waals surface area (Å²) in [4.78, 5) is 16.1. The van der Waals surface area contributed by atoms with Gasteiger partial charge >= 0.3 is 0 Å². The largest absolute Gasteiger partial charge is 0.383 e. The molecule has 6 heteroatoms. The Balaban J connectivity index is 1.89. The highest BCUT2D eigenvalue weighted by Gasteiger charge is 2.25. The Labute approximate surface area is 106 Å². The van der Waals surface area contributed by atoms with Gasteiger partial charge in [0.15, 0.2) is 5.82 Å². The van der Waals surface area contributed by atoms with Gasteiger partial charge in [0.25, 0.3) is 5.56 Å². The lowest BCUT2D eigenvalue weighted by Crippen LogP contribution is -2.30. The molecule has 1 fully saturated rings. The number of rotatable bonds is 7. The van der Waals surface area contributed by atoms with Crippen LogP contribution in [0.2, 0.25) is 0 Å². The van der Waals surface area contributed by atoms with Gasteiger partial charge in [0.2, 0.25) is 0 Å². The van der Waals surface area contributed by atoms with E-state index in [0.717, 1.165) is 19.3 Å². The predicted octanol–water partition coefficient (Wildman–Crippen LogP) is 0.354. The van der Waals surface area contributed by atoms with Crippen molar-refractivity contribution in [2.75, 3.05) is 25.6 Å².